The summed E-state index contributed by atoms with van der Waals surface area (Å²) < 4.78 is 41.6. The number of esters is 1. The van der Waals surface area contributed by atoms with Crippen LogP contribution in [-0.2, 0) is 15.7 Å². The van der Waals surface area contributed by atoms with Gasteiger partial charge in [0.25, 0.3) is 0 Å². The van der Waals surface area contributed by atoms with E-state index in [1.54, 1.807) is 0 Å². The highest BCUT2D eigenvalue weighted by Crippen LogP contribution is 2.29. The van der Waals surface area contributed by atoms with Crippen LogP contribution in [0.3, 0.4) is 0 Å². The van der Waals surface area contributed by atoms with Gasteiger partial charge in [0.2, 0.25) is 0 Å². The topological polar surface area (TPSA) is 26.3 Å². The van der Waals surface area contributed by atoms with Crippen LogP contribution in [0.4, 0.5) is 13.2 Å². The Morgan fingerprint density at radius 3 is 2.39 bits per heavy atom. The predicted octanol–water partition coefficient (Wildman–Crippen LogP) is 3.67. The Kier molecular flexibility index (Phi) is 4.95. The molecule has 0 atom stereocenters. The highest BCUT2D eigenvalue weighted by molar-refractivity contribution is 5.87. The molecule has 0 amide bonds. The minimum atomic E-state index is -4.34. The van der Waals surface area contributed by atoms with E-state index in [4.69, 9.17) is 4.74 Å². The zero-order chi connectivity index (χ0) is 13.6. The number of carbonyl (C=O) groups is 1. The predicted molar refractivity (Wildman–Crippen MR) is 61.7 cm³/mol. The van der Waals surface area contributed by atoms with Crippen molar-refractivity contribution in [1.82, 2.24) is 0 Å². The molecule has 0 spiro atoms. The fourth-order valence-corrected chi connectivity index (χ4v) is 1.20. The quantitative estimate of drug-likeness (QED) is 0.608. The monoisotopic (exact) mass is 258 g/mol. The van der Waals surface area contributed by atoms with Crippen LogP contribution in [0.5, 0.6) is 0 Å². The first-order valence-corrected chi connectivity index (χ1v) is 5.45. The molecule has 0 saturated carbocycles. The summed E-state index contributed by atoms with van der Waals surface area (Å²) in [4.78, 5) is 11.1. The van der Waals surface area contributed by atoms with Gasteiger partial charge in [-0.05, 0) is 30.2 Å². The first kappa shape index (κ1) is 14.3. The van der Waals surface area contributed by atoms with E-state index in [1.165, 1.54) is 24.3 Å². The fraction of sp³-hybridized carbons (Fsp3) is 0.308. The summed E-state index contributed by atoms with van der Waals surface area (Å²) in [7, 11) is 0. The molecule has 0 aliphatic rings. The van der Waals surface area contributed by atoms with E-state index in [0.29, 0.717) is 12.2 Å². The number of alkyl halides is 3. The Labute approximate surface area is 103 Å². The average Bonchev–Trinajstić information content (AvgIpc) is 2.33. The molecule has 0 radical (unpaired) electrons. The second-order valence-electron chi connectivity index (χ2n) is 3.62. The highest BCUT2D eigenvalue weighted by Gasteiger charge is 2.29. The lowest BCUT2D eigenvalue weighted by Crippen LogP contribution is -2.04. The highest BCUT2D eigenvalue weighted by atomic mass is 19.4. The largest absolute Gasteiger partial charge is 0.463 e. The average molecular weight is 258 g/mol. The van der Waals surface area contributed by atoms with E-state index < -0.39 is 17.7 Å². The summed E-state index contributed by atoms with van der Waals surface area (Å²) >= 11 is 0. The number of carbonyl (C=O) groups excluding carboxylic acids is 1. The summed E-state index contributed by atoms with van der Waals surface area (Å²) in [5, 5.41) is 0. The molecule has 0 bridgehead atoms. The maximum atomic E-state index is 12.3. The van der Waals surface area contributed by atoms with Crippen LogP contribution < -0.4 is 0 Å². The van der Waals surface area contributed by atoms with E-state index in [-0.39, 0.29) is 0 Å². The van der Waals surface area contributed by atoms with Crippen LogP contribution >= 0.6 is 0 Å². The maximum Gasteiger partial charge on any atom is 0.416 e. The van der Waals surface area contributed by atoms with Crippen molar-refractivity contribution in [1.29, 1.82) is 0 Å². The molecule has 98 valence electrons. The van der Waals surface area contributed by atoms with Crippen molar-refractivity contribution in [3.63, 3.8) is 0 Å². The van der Waals surface area contributed by atoms with Crippen molar-refractivity contribution in [2.45, 2.75) is 19.5 Å². The van der Waals surface area contributed by atoms with Gasteiger partial charge in [-0.2, -0.15) is 13.2 Å². The van der Waals surface area contributed by atoms with Crippen LogP contribution in [0.1, 0.15) is 24.5 Å². The molecule has 0 unspecified atom stereocenters. The number of hydrogen-bond acceptors (Lipinski definition) is 2. The Morgan fingerprint density at radius 2 is 1.89 bits per heavy atom. The Bertz CT molecular complexity index is 419. The van der Waals surface area contributed by atoms with Gasteiger partial charge in [0.1, 0.15) is 0 Å². The molecule has 1 aromatic carbocycles. The molecule has 2 nitrogen and oxygen atoms in total. The zero-order valence-corrected chi connectivity index (χ0v) is 9.83. The molecule has 0 saturated heterocycles. The van der Waals surface area contributed by atoms with Crippen LogP contribution in [0, 0.1) is 0 Å². The molecule has 1 rings (SSSR count). The van der Waals surface area contributed by atoms with Gasteiger partial charge in [-0.15, -0.1) is 0 Å². The second kappa shape index (κ2) is 6.23. The number of rotatable bonds is 4. The molecule has 0 heterocycles. The molecule has 0 aliphatic carbocycles. The Morgan fingerprint density at radius 1 is 1.28 bits per heavy atom. The van der Waals surface area contributed by atoms with Gasteiger partial charge >= 0.3 is 12.1 Å². The van der Waals surface area contributed by atoms with E-state index in [2.05, 4.69) is 0 Å². The van der Waals surface area contributed by atoms with E-state index in [0.717, 1.165) is 18.6 Å². The number of halogens is 3. The first-order valence-electron chi connectivity index (χ1n) is 5.45. The van der Waals surface area contributed by atoms with Gasteiger partial charge in [0, 0.05) is 6.08 Å². The van der Waals surface area contributed by atoms with Crippen LogP contribution in [0.15, 0.2) is 30.3 Å². The van der Waals surface area contributed by atoms with Crippen molar-refractivity contribution >= 4 is 12.0 Å². The van der Waals surface area contributed by atoms with Gasteiger partial charge < -0.3 is 4.74 Å². The standard InChI is InChI=1S/C13H13F3O2/c1-2-9-18-12(17)8-5-10-3-6-11(7-4-10)13(14,15)16/h3-8H,2,9H2,1H3/b8-5+. The summed E-state index contributed by atoms with van der Waals surface area (Å²) in [6.45, 7) is 2.20. The SMILES string of the molecule is CCCOC(=O)/C=C/c1ccc(C(F)(F)F)cc1. The summed E-state index contributed by atoms with van der Waals surface area (Å²) in [5.41, 5.74) is -0.204. The van der Waals surface area contributed by atoms with E-state index in [9.17, 15) is 18.0 Å². The third-order valence-corrected chi connectivity index (χ3v) is 2.10. The first-order chi connectivity index (χ1) is 8.43. The molecule has 0 fully saturated rings. The van der Waals surface area contributed by atoms with Gasteiger partial charge in [-0.3, -0.25) is 0 Å². The molecule has 0 N–H and O–H groups in total. The molecular formula is C13H13F3O2. The molecule has 0 aromatic heterocycles. The lowest BCUT2D eigenvalue weighted by atomic mass is 10.1. The van der Waals surface area contributed by atoms with Crippen molar-refractivity contribution in [3.05, 3.63) is 41.5 Å². The van der Waals surface area contributed by atoms with Crippen molar-refractivity contribution in [2.24, 2.45) is 0 Å². The minimum absolute atomic E-state index is 0.330. The number of benzene rings is 1. The normalized spacial score (nSPS) is 11.8. The molecule has 5 heteroatoms. The lowest BCUT2D eigenvalue weighted by Gasteiger charge is -2.05. The lowest BCUT2D eigenvalue weighted by molar-refractivity contribution is -0.138. The third kappa shape index (κ3) is 4.61. The number of ether oxygens (including phenoxy) is 1. The van der Waals surface area contributed by atoms with Crippen molar-refractivity contribution in [3.8, 4) is 0 Å². The summed E-state index contributed by atoms with van der Waals surface area (Å²) in [6, 6.07) is 4.53. The van der Waals surface area contributed by atoms with Gasteiger partial charge in [-0.25, -0.2) is 4.79 Å². The van der Waals surface area contributed by atoms with E-state index >= 15 is 0 Å². The fourth-order valence-electron chi connectivity index (χ4n) is 1.20. The smallest absolute Gasteiger partial charge is 0.416 e. The second-order valence-corrected chi connectivity index (χ2v) is 3.62. The molecular weight excluding hydrogens is 245 g/mol. The molecule has 18 heavy (non-hydrogen) atoms. The summed E-state index contributed by atoms with van der Waals surface area (Å²) in [5.74, 6) is -0.503. The van der Waals surface area contributed by atoms with Crippen LogP contribution in [0.2, 0.25) is 0 Å². The van der Waals surface area contributed by atoms with Crippen LogP contribution in [-0.4, -0.2) is 12.6 Å². The van der Waals surface area contributed by atoms with Gasteiger partial charge in [0.15, 0.2) is 0 Å². The number of hydrogen-bond donors (Lipinski definition) is 0. The minimum Gasteiger partial charge on any atom is -0.463 e. The van der Waals surface area contributed by atoms with Crippen LogP contribution in [0.25, 0.3) is 6.08 Å². The zero-order valence-electron chi connectivity index (χ0n) is 9.83. The van der Waals surface area contributed by atoms with Crippen molar-refractivity contribution < 1.29 is 22.7 Å². The third-order valence-electron chi connectivity index (χ3n) is 2.10. The van der Waals surface area contributed by atoms with E-state index in [1.807, 2.05) is 6.92 Å². The van der Waals surface area contributed by atoms with Crippen molar-refractivity contribution in [2.75, 3.05) is 6.61 Å². The Balaban J connectivity index is 2.64. The van der Waals surface area contributed by atoms with Gasteiger partial charge in [-0.1, -0.05) is 19.1 Å². The van der Waals surface area contributed by atoms with Gasteiger partial charge in [0.05, 0.1) is 12.2 Å². The molecule has 0 aliphatic heterocycles. The molecule has 1 aromatic rings. The summed E-state index contributed by atoms with van der Waals surface area (Å²) in [6.07, 6.45) is -1.02. The maximum absolute atomic E-state index is 12.3. The Hall–Kier alpha value is -1.78.